The lowest BCUT2D eigenvalue weighted by atomic mass is 10.3. The Hall–Kier alpha value is -0.790. The number of allylic oxidation sites excluding steroid dienone is 1. The molecule has 1 saturated carbocycles. The van der Waals surface area contributed by atoms with Gasteiger partial charge in [-0.3, -0.25) is 4.79 Å². The summed E-state index contributed by atoms with van der Waals surface area (Å²) in [7, 11) is 0. The summed E-state index contributed by atoms with van der Waals surface area (Å²) in [6.45, 7) is 2.69. The molecule has 0 aromatic heterocycles. The summed E-state index contributed by atoms with van der Waals surface area (Å²) < 4.78 is 5.02. The highest BCUT2D eigenvalue weighted by atomic mass is 16.5. The van der Waals surface area contributed by atoms with Gasteiger partial charge < -0.3 is 4.74 Å². The van der Waals surface area contributed by atoms with Crippen LogP contribution in [-0.2, 0) is 9.53 Å². The fraction of sp³-hybridized carbons (Fsp3) is 0.700. The van der Waals surface area contributed by atoms with E-state index in [4.69, 9.17) is 4.74 Å². The summed E-state index contributed by atoms with van der Waals surface area (Å²) in [5.41, 5.74) is 0. The maximum absolute atomic E-state index is 11.0. The Morgan fingerprint density at radius 1 is 1.50 bits per heavy atom. The molecule has 2 heteroatoms. The second-order valence-electron chi connectivity index (χ2n) is 3.21. The number of hydrogen-bond donors (Lipinski definition) is 0. The van der Waals surface area contributed by atoms with E-state index in [0.29, 0.717) is 18.9 Å². The topological polar surface area (TPSA) is 26.3 Å². The third-order valence-electron chi connectivity index (χ3n) is 1.86. The van der Waals surface area contributed by atoms with Crippen molar-refractivity contribution in [1.82, 2.24) is 0 Å². The summed E-state index contributed by atoms with van der Waals surface area (Å²) in [5, 5.41) is 0. The van der Waals surface area contributed by atoms with Gasteiger partial charge in [-0.15, -0.1) is 0 Å². The molecule has 0 aromatic carbocycles. The first-order valence-electron chi connectivity index (χ1n) is 4.63. The van der Waals surface area contributed by atoms with E-state index < -0.39 is 0 Å². The molecule has 68 valence electrons. The average Bonchev–Trinajstić information content (AvgIpc) is 2.84. The summed E-state index contributed by atoms with van der Waals surface area (Å²) >= 11 is 0. The molecule has 0 heterocycles. The number of carbonyl (C=O) groups excluding carboxylic acids is 1. The van der Waals surface area contributed by atoms with Crippen molar-refractivity contribution in [3.05, 3.63) is 12.2 Å². The van der Waals surface area contributed by atoms with E-state index in [-0.39, 0.29) is 5.97 Å². The molecule has 12 heavy (non-hydrogen) atoms. The molecule has 1 rings (SSSR count). The molecule has 0 bridgehead atoms. The predicted octanol–water partition coefficient (Wildman–Crippen LogP) is 2.30. The van der Waals surface area contributed by atoms with Gasteiger partial charge in [0.1, 0.15) is 0 Å². The first-order chi connectivity index (χ1) is 5.83. The molecule has 0 N–H and O–H groups in total. The van der Waals surface area contributed by atoms with E-state index in [2.05, 4.69) is 0 Å². The van der Waals surface area contributed by atoms with Crippen LogP contribution in [0.4, 0.5) is 0 Å². The van der Waals surface area contributed by atoms with Gasteiger partial charge in [-0.05, 0) is 25.2 Å². The van der Waals surface area contributed by atoms with Crippen molar-refractivity contribution in [2.75, 3.05) is 6.61 Å². The number of esters is 1. The predicted molar refractivity (Wildman–Crippen MR) is 47.7 cm³/mol. The fourth-order valence-corrected chi connectivity index (χ4v) is 0.900. The monoisotopic (exact) mass is 168 g/mol. The van der Waals surface area contributed by atoms with Crippen LogP contribution >= 0.6 is 0 Å². The minimum Gasteiger partial charge on any atom is -0.465 e. The van der Waals surface area contributed by atoms with E-state index in [0.717, 1.165) is 6.42 Å². The lowest BCUT2D eigenvalue weighted by Crippen LogP contribution is -2.05. The zero-order chi connectivity index (χ0) is 8.81. The first kappa shape index (κ1) is 9.30. The minimum absolute atomic E-state index is 0.0911. The van der Waals surface area contributed by atoms with Gasteiger partial charge in [0.2, 0.25) is 0 Å². The highest BCUT2D eigenvalue weighted by Crippen LogP contribution is 2.28. The lowest BCUT2D eigenvalue weighted by Gasteiger charge is -1.99. The van der Waals surface area contributed by atoms with E-state index in [1.54, 1.807) is 0 Å². The summed E-state index contributed by atoms with van der Waals surface area (Å²) in [4.78, 5) is 11.0. The zero-order valence-corrected chi connectivity index (χ0v) is 7.58. The van der Waals surface area contributed by atoms with Crippen LogP contribution in [0.3, 0.4) is 0 Å². The Labute approximate surface area is 73.6 Å². The largest absolute Gasteiger partial charge is 0.465 e. The first-order valence-corrected chi connectivity index (χ1v) is 4.63. The molecule has 0 atom stereocenters. The Morgan fingerprint density at radius 2 is 2.25 bits per heavy atom. The van der Waals surface area contributed by atoms with Crippen molar-refractivity contribution in [3.8, 4) is 0 Å². The molecule has 0 spiro atoms. The molecular formula is C10H16O2. The van der Waals surface area contributed by atoms with Crippen LogP contribution in [0.5, 0.6) is 0 Å². The van der Waals surface area contributed by atoms with Gasteiger partial charge in [0, 0.05) is 0 Å². The van der Waals surface area contributed by atoms with E-state index in [1.807, 2.05) is 19.1 Å². The van der Waals surface area contributed by atoms with Crippen LogP contribution in [-0.4, -0.2) is 12.6 Å². The Bertz CT molecular complexity index is 169. The molecule has 0 unspecified atom stereocenters. The van der Waals surface area contributed by atoms with Gasteiger partial charge in [-0.1, -0.05) is 19.1 Å². The second-order valence-corrected chi connectivity index (χ2v) is 3.21. The Morgan fingerprint density at radius 3 is 2.83 bits per heavy atom. The molecule has 0 radical (unpaired) electrons. The number of carbonyl (C=O) groups is 1. The summed E-state index contributed by atoms with van der Waals surface area (Å²) in [6.07, 6.45) is 7.74. The quantitative estimate of drug-likeness (QED) is 0.465. The van der Waals surface area contributed by atoms with Crippen molar-refractivity contribution in [2.45, 2.75) is 32.6 Å². The molecule has 0 aliphatic heterocycles. The van der Waals surface area contributed by atoms with Crippen LogP contribution in [0.25, 0.3) is 0 Å². The molecule has 1 fully saturated rings. The van der Waals surface area contributed by atoms with E-state index in [9.17, 15) is 4.79 Å². The third kappa shape index (κ3) is 4.16. The Kier molecular flexibility index (Phi) is 3.85. The average molecular weight is 168 g/mol. The van der Waals surface area contributed by atoms with Crippen LogP contribution in [0, 0.1) is 5.92 Å². The lowest BCUT2D eigenvalue weighted by molar-refractivity contribution is -0.143. The maximum Gasteiger partial charge on any atom is 0.309 e. The molecule has 0 aromatic rings. The number of ether oxygens (including phenoxy) is 1. The normalized spacial score (nSPS) is 16.8. The molecule has 0 amide bonds. The van der Waals surface area contributed by atoms with Crippen molar-refractivity contribution in [1.29, 1.82) is 0 Å². The van der Waals surface area contributed by atoms with E-state index >= 15 is 0 Å². The summed E-state index contributed by atoms with van der Waals surface area (Å²) in [5.74, 6) is 0.579. The smallest absolute Gasteiger partial charge is 0.309 e. The SMILES string of the molecule is CC/C=C/CC(=O)OCC1CC1. The minimum atomic E-state index is -0.0911. The van der Waals surface area contributed by atoms with Crippen molar-refractivity contribution in [3.63, 3.8) is 0 Å². The van der Waals surface area contributed by atoms with Crippen LogP contribution in [0.15, 0.2) is 12.2 Å². The van der Waals surface area contributed by atoms with Crippen LogP contribution in [0.2, 0.25) is 0 Å². The standard InChI is InChI=1S/C10H16O2/c1-2-3-4-5-10(11)12-8-9-6-7-9/h3-4,9H,2,5-8H2,1H3/b4-3+. The molecule has 2 nitrogen and oxygen atoms in total. The third-order valence-corrected chi connectivity index (χ3v) is 1.86. The van der Waals surface area contributed by atoms with Gasteiger partial charge in [-0.25, -0.2) is 0 Å². The maximum atomic E-state index is 11.0. The van der Waals surface area contributed by atoms with Gasteiger partial charge in [0.15, 0.2) is 0 Å². The molecule has 0 saturated heterocycles. The van der Waals surface area contributed by atoms with Gasteiger partial charge >= 0.3 is 5.97 Å². The second kappa shape index (κ2) is 4.96. The van der Waals surface area contributed by atoms with Crippen molar-refractivity contribution >= 4 is 5.97 Å². The van der Waals surface area contributed by atoms with Crippen molar-refractivity contribution in [2.24, 2.45) is 5.92 Å². The van der Waals surface area contributed by atoms with E-state index in [1.165, 1.54) is 12.8 Å². The van der Waals surface area contributed by atoms with Crippen molar-refractivity contribution < 1.29 is 9.53 Å². The van der Waals surface area contributed by atoms with Crippen LogP contribution < -0.4 is 0 Å². The summed E-state index contributed by atoms with van der Waals surface area (Å²) in [6, 6.07) is 0. The molecular weight excluding hydrogens is 152 g/mol. The fourth-order valence-electron chi connectivity index (χ4n) is 0.900. The van der Waals surface area contributed by atoms with Gasteiger partial charge in [0.05, 0.1) is 13.0 Å². The highest BCUT2D eigenvalue weighted by Gasteiger charge is 2.22. The highest BCUT2D eigenvalue weighted by molar-refractivity contribution is 5.71. The molecule has 1 aliphatic rings. The van der Waals surface area contributed by atoms with Gasteiger partial charge in [0.25, 0.3) is 0 Å². The number of hydrogen-bond acceptors (Lipinski definition) is 2. The zero-order valence-electron chi connectivity index (χ0n) is 7.58. The van der Waals surface area contributed by atoms with Gasteiger partial charge in [-0.2, -0.15) is 0 Å². The number of rotatable bonds is 5. The molecule has 1 aliphatic carbocycles. The van der Waals surface area contributed by atoms with Crippen LogP contribution in [0.1, 0.15) is 32.6 Å². The Balaban J connectivity index is 1.98.